The Morgan fingerprint density at radius 1 is 1.58 bits per heavy atom. The van der Waals surface area contributed by atoms with Crippen molar-refractivity contribution < 1.29 is 9.53 Å². The van der Waals surface area contributed by atoms with E-state index in [0.29, 0.717) is 25.4 Å². The van der Waals surface area contributed by atoms with Crippen LogP contribution in [-0.4, -0.2) is 44.5 Å². The van der Waals surface area contributed by atoms with Gasteiger partial charge in [-0.2, -0.15) is 0 Å². The SMILES string of the molecule is CN(C)CC1COCCC1=O.Cl. The van der Waals surface area contributed by atoms with Crippen LogP contribution in [0.3, 0.4) is 0 Å². The number of Topliss-reactive ketones (excluding diaryl/α,β-unsaturated/α-hetero) is 1. The van der Waals surface area contributed by atoms with Crippen LogP contribution in [0.5, 0.6) is 0 Å². The second-order valence-electron chi connectivity index (χ2n) is 3.25. The van der Waals surface area contributed by atoms with Crippen molar-refractivity contribution in [3.8, 4) is 0 Å². The minimum absolute atomic E-state index is 0. The van der Waals surface area contributed by atoms with Crippen molar-refractivity contribution in [3.05, 3.63) is 0 Å². The summed E-state index contributed by atoms with van der Waals surface area (Å²) in [4.78, 5) is 13.2. The van der Waals surface area contributed by atoms with E-state index < -0.39 is 0 Å². The number of nitrogens with zero attached hydrogens (tertiary/aromatic N) is 1. The molecule has 1 atom stereocenters. The fourth-order valence-electron chi connectivity index (χ4n) is 1.29. The maximum Gasteiger partial charge on any atom is 0.141 e. The van der Waals surface area contributed by atoms with Gasteiger partial charge in [0.2, 0.25) is 0 Å². The normalized spacial score (nSPS) is 23.9. The lowest BCUT2D eigenvalue weighted by Crippen LogP contribution is -2.35. The number of halogens is 1. The Kier molecular flexibility index (Phi) is 5.46. The third kappa shape index (κ3) is 3.52. The summed E-state index contributed by atoms with van der Waals surface area (Å²) in [7, 11) is 3.95. The molecule has 0 saturated carbocycles. The van der Waals surface area contributed by atoms with E-state index in [1.54, 1.807) is 0 Å². The highest BCUT2D eigenvalue weighted by molar-refractivity contribution is 5.85. The van der Waals surface area contributed by atoms with Gasteiger partial charge in [-0.05, 0) is 14.1 Å². The molecule has 0 radical (unpaired) electrons. The van der Waals surface area contributed by atoms with Gasteiger partial charge in [-0.3, -0.25) is 4.79 Å². The van der Waals surface area contributed by atoms with Crippen LogP contribution < -0.4 is 0 Å². The van der Waals surface area contributed by atoms with Crippen LogP contribution in [0.2, 0.25) is 0 Å². The maximum absolute atomic E-state index is 11.2. The molecule has 1 fully saturated rings. The molecule has 0 aromatic heterocycles. The molecule has 1 rings (SSSR count). The summed E-state index contributed by atoms with van der Waals surface area (Å²) in [5.74, 6) is 0.462. The van der Waals surface area contributed by atoms with E-state index in [0.717, 1.165) is 6.54 Å². The maximum atomic E-state index is 11.2. The molecular formula is C8H16ClNO2. The second kappa shape index (κ2) is 5.51. The summed E-state index contributed by atoms with van der Waals surface area (Å²) in [5.41, 5.74) is 0. The fourth-order valence-corrected chi connectivity index (χ4v) is 1.29. The predicted octanol–water partition coefficient (Wildman–Crippen LogP) is 0.575. The standard InChI is InChI=1S/C8H15NO2.ClH/c1-9(2)5-7-6-11-4-3-8(7)10;/h7H,3-6H2,1-2H3;1H. The Morgan fingerprint density at radius 3 is 2.75 bits per heavy atom. The van der Waals surface area contributed by atoms with Crippen molar-refractivity contribution in [1.29, 1.82) is 0 Å². The van der Waals surface area contributed by atoms with Gasteiger partial charge in [-0.25, -0.2) is 0 Å². The van der Waals surface area contributed by atoms with E-state index in [1.165, 1.54) is 0 Å². The molecule has 72 valence electrons. The molecule has 0 aliphatic carbocycles. The molecule has 1 aliphatic rings. The summed E-state index contributed by atoms with van der Waals surface area (Å²) >= 11 is 0. The van der Waals surface area contributed by atoms with Crippen LogP contribution in [0.25, 0.3) is 0 Å². The molecule has 0 bridgehead atoms. The van der Waals surface area contributed by atoms with Crippen molar-refractivity contribution >= 4 is 18.2 Å². The molecule has 1 aliphatic heterocycles. The van der Waals surface area contributed by atoms with Crippen LogP contribution in [-0.2, 0) is 9.53 Å². The van der Waals surface area contributed by atoms with Crippen LogP contribution in [0.4, 0.5) is 0 Å². The summed E-state index contributed by atoms with van der Waals surface area (Å²) in [6.45, 7) is 2.04. The first kappa shape index (κ1) is 11.9. The first-order valence-electron chi connectivity index (χ1n) is 3.95. The zero-order chi connectivity index (χ0) is 8.27. The molecule has 4 heteroatoms. The Labute approximate surface area is 79.5 Å². The Bertz CT molecular complexity index is 150. The summed E-state index contributed by atoms with van der Waals surface area (Å²) in [6.07, 6.45) is 0.596. The van der Waals surface area contributed by atoms with E-state index in [9.17, 15) is 4.79 Å². The summed E-state index contributed by atoms with van der Waals surface area (Å²) < 4.78 is 5.21. The molecule has 12 heavy (non-hydrogen) atoms. The monoisotopic (exact) mass is 193 g/mol. The molecule has 0 spiro atoms. The number of ketones is 1. The van der Waals surface area contributed by atoms with E-state index in [4.69, 9.17) is 4.74 Å². The average Bonchev–Trinajstić information content (AvgIpc) is 1.93. The van der Waals surface area contributed by atoms with Gasteiger partial charge in [0, 0.05) is 13.0 Å². The lowest BCUT2D eigenvalue weighted by atomic mass is 10.0. The van der Waals surface area contributed by atoms with Crippen LogP contribution in [0, 0.1) is 5.92 Å². The van der Waals surface area contributed by atoms with Crippen molar-refractivity contribution in [2.75, 3.05) is 33.9 Å². The van der Waals surface area contributed by atoms with Gasteiger partial charge in [0.05, 0.1) is 19.1 Å². The molecule has 3 nitrogen and oxygen atoms in total. The molecule has 0 amide bonds. The van der Waals surface area contributed by atoms with Crippen LogP contribution in [0.1, 0.15) is 6.42 Å². The Morgan fingerprint density at radius 2 is 2.25 bits per heavy atom. The van der Waals surface area contributed by atoms with Gasteiger partial charge in [0.1, 0.15) is 5.78 Å². The average molecular weight is 194 g/mol. The van der Waals surface area contributed by atoms with Gasteiger partial charge >= 0.3 is 0 Å². The zero-order valence-corrected chi connectivity index (χ0v) is 8.39. The van der Waals surface area contributed by atoms with E-state index in [2.05, 4.69) is 0 Å². The minimum Gasteiger partial charge on any atom is -0.380 e. The van der Waals surface area contributed by atoms with Gasteiger partial charge in [0.25, 0.3) is 0 Å². The largest absolute Gasteiger partial charge is 0.380 e. The smallest absolute Gasteiger partial charge is 0.141 e. The van der Waals surface area contributed by atoms with Gasteiger partial charge in [0.15, 0.2) is 0 Å². The molecule has 1 heterocycles. The molecule has 1 saturated heterocycles. The first-order chi connectivity index (χ1) is 5.20. The van der Waals surface area contributed by atoms with E-state index >= 15 is 0 Å². The minimum atomic E-state index is 0. The third-order valence-corrected chi connectivity index (χ3v) is 1.85. The number of hydrogen-bond acceptors (Lipinski definition) is 3. The number of carbonyl (C=O) groups is 1. The molecule has 0 aromatic carbocycles. The van der Waals surface area contributed by atoms with Crippen molar-refractivity contribution in [1.82, 2.24) is 4.90 Å². The highest BCUT2D eigenvalue weighted by Gasteiger charge is 2.22. The quantitative estimate of drug-likeness (QED) is 0.643. The lowest BCUT2D eigenvalue weighted by Gasteiger charge is -2.23. The number of carbonyl (C=O) groups excluding carboxylic acids is 1. The summed E-state index contributed by atoms with van der Waals surface area (Å²) in [6, 6.07) is 0. The fraction of sp³-hybridized carbons (Fsp3) is 0.875. The van der Waals surface area contributed by atoms with E-state index in [1.807, 2.05) is 19.0 Å². The molecule has 0 N–H and O–H groups in total. The van der Waals surface area contributed by atoms with E-state index in [-0.39, 0.29) is 18.3 Å². The molecule has 1 unspecified atom stereocenters. The van der Waals surface area contributed by atoms with Crippen molar-refractivity contribution in [2.45, 2.75) is 6.42 Å². The number of rotatable bonds is 2. The van der Waals surface area contributed by atoms with Crippen LogP contribution >= 0.6 is 12.4 Å². The van der Waals surface area contributed by atoms with Crippen LogP contribution in [0.15, 0.2) is 0 Å². The lowest BCUT2D eigenvalue weighted by molar-refractivity contribution is -0.131. The highest BCUT2D eigenvalue weighted by atomic mass is 35.5. The molecule has 0 aromatic rings. The molecular weight excluding hydrogens is 178 g/mol. The van der Waals surface area contributed by atoms with Crippen molar-refractivity contribution in [2.24, 2.45) is 5.92 Å². The second-order valence-corrected chi connectivity index (χ2v) is 3.25. The number of hydrogen-bond donors (Lipinski definition) is 0. The topological polar surface area (TPSA) is 29.5 Å². The van der Waals surface area contributed by atoms with Gasteiger partial charge in [-0.15, -0.1) is 12.4 Å². The third-order valence-electron chi connectivity index (χ3n) is 1.85. The predicted molar refractivity (Wildman–Crippen MR) is 49.7 cm³/mol. The Hall–Kier alpha value is -0.120. The van der Waals surface area contributed by atoms with Gasteiger partial charge in [-0.1, -0.05) is 0 Å². The van der Waals surface area contributed by atoms with Crippen molar-refractivity contribution in [3.63, 3.8) is 0 Å². The zero-order valence-electron chi connectivity index (χ0n) is 7.58. The Balaban J connectivity index is 0.00000121. The first-order valence-corrected chi connectivity index (χ1v) is 3.95. The van der Waals surface area contributed by atoms with Gasteiger partial charge < -0.3 is 9.64 Å². The highest BCUT2D eigenvalue weighted by Crippen LogP contribution is 2.09. The number of ether oxygens (including phenoxy) is 1. The summed E-state index contributed by atoms with van der Waals surface area (Å²) in [5, 5.41) is 0.